The molecule has 0 fully saturated rings. The molecule has 2 aromatic carbocycles. The molecule has 6 heteroatoms. The van der Waals surface area contributed by atoms with Crippen LogP contribution in [-0.4, -0.2) is 31.3 Å². The zero-order chi connectivity index (χ0) is 17.8. The highest BCUT2D eigenvalue weighted by Crippen LogP contribution is 2.28. The number of fused-ring (bicyclic) bond motifs is 1. The van der Waals surface area contributed by atoms with Crippen molar-refractivity contribution in [3.63, 3.8) is 0 Å². The smallest absolute Gasteiger partial charge is 0.319 e. The van der Waals surface area contributed by atoms with Crippen LogP contribution in [0.2, 0.25) is 0 Å². The molecule has 0 spiro atoms. The molecule has 1 heterocycles. The van der Waals surface area contributed by atoms with Crippen LogP contribution in [-0.2, 0) is 11.2 Å². The zero-order valence-electron chi connectivity index (χ0n) is 13.9. The summed E-state index contributed by atoms with van der Waals surface area (Å²) in [5.74, 6) is -0.0383. The quantitative estimate of drug-likeness (QED) is 0.823. The molecule has 0 radical (unpaired) electrons. The maximum Gasteiger partial charge on any atom is 0.319 e. The summed E-state index contributed by atoms with van der Waals surface area (Å²) >= 11 is 0. The number of para-hydroxylation sites is 1. The fraction of sp³-hybridized carbons (Fsp3) is 0.211. The second kappa shape index (κ2) is 7.17. The Morgan fingerprint density at radius 3 is 2.64 bits per heavy atom. The molecular formula is C19H19N3O3. The average Bonchev–Trinajstić information content (AvgIpc) is 2.89. The molecule has 0 saturated heterocycles. The van der Waals surface area contributed by atoms with E-state index >= 15 is 0 Å². The number of carbonyl (C=O) groups excluding carboxylic acids is 3. The molecule has 1 aliphatic rings. The summed E-state index contributed by atoms with van der Waals surface area (Å²) in [5, 5.41) is 5.36. The van der Waals surface area contributed by atoms with Crippen molar-refractivity contribution in [2.24, 2.45) is 0 Å². The highest BCUT2D eigenvalue weighted by Gasteiger charge is 2.24. The minimum absolute atomic E-state index is 0.0267. The predicted molar refractivity (Wildman–Crippen MR) is 96.0 cm³/mol. The van der Waals surface area contributed by atoms with Crippen LogP contribution in [0.3, 0.4) is 0 Å². The molecule has 3 rings (SSSR count). The molecule has 1 aliphatic heterocycles. The second-order valence-electron chi connectivity index (χ2n) is 5.89. The van der Waals surface area contributed by atoms with Crippen LogP contribution in [0.5, 0.6) is 0 Å². The van der Waals surface area contributed by atoms with Gasteiger partial charge in [0.1, 0.15) is 0 Å². The average molecular weight is 337 g/mol. The Kier molecular flexibility index (Phi) is 4.79. The number of ketones is 1. The predicted octanol–water partition coefficient (Wildman–Crippen LogP) is 2.60. The van der Waals surface area contributed by atoms with E-state index < -0.39 is 0 Å². The summed E-state index contributed by atoms with van der Waals surface area (Å²) < 4.78 is 0. The number of carbonyl (C=O) groups is 3. The van der Waals surface area contributed by atoms with Gasteiger partial charge in [0, 0.05) is 37.0 Å². The molecule has 25 heavy (non-hydrogen) atoms. The first kappa shape index (κ1) is 16.7. The molecule has 128 valence electrons. The molecular weight excluding hydrogens is 318 g/mol. The maximum atomic E-state index is 12.3. The van der Waals surface area contributed by atoms with Crippen molar-refractivity contribution in [3.05, 3.63) is 59.7 Å². The van der Waals surface area contributed by atoms with Crippen LogP contribution in [0, 0.1) is 0 Å². The van der Waals surface area contributed by atoms with E-state index in [1.54, 1.807) is 42.3 Å². The number of hydrogen-bond donors (Lipinski definition) is 2. The van der Waals surface area contributed by atoms with E-state index in [4.69, 9.17) is 0 Å². The van der Waals surface area contributed by atoms with E-state index in [0.29, 0.717) is 17.7 Å². The number of likely N-dealkylation sites (N-methyl/N-ethyl adjacent to an activating group) is 1. The van der Waals surface area contributed by atoms with Gasteiger partial charge in [0.05, 0.1) is 6.42 Å². The van der Waals surface area contributed by atoms with Gasteiger partial charge in [-0.2, -0.15) is 0 Å². The van der Waals surface area contributed by atoms with Crippen LogP contribution >= 0.6 is 0 Å². The van der Waals surface area contributed by atoms with Gasteiger partial charge in [-0.15, -0.1) is 0 Å². The number of benzene rings is 2. The lowest BCUT2D eigenvalue weighted by molar-refractivity contribution is -0.117. The van der Waals surface area contributed by atoms with Crippen molar-refractivity contribution < 1.29 is 14.4 Å². The van der Waals surface area contributed by atoms with Crippen molar-refractivity contribution in [2.45, 2.75) is 12.8 Å². The van der Waals surface area contributed by atoms with Gasteiger partial charge in [0.2, 0.25) is 5.91 Å². The summed E-state index contributed by atoms with van der Waals surface area (Å²) in [6.45, 7) is 0.243. The van der Waals surface area contributed by atoms with Crippen LogP contribution in [0.25, 0.3) is 0 Å². The summed E-state index contributed by atoms with van der Waals surface area (Å²) in [6.07, 6.45) is 0.523. The van der Waals surface area contributed by atoms with E-state index in [0.717, 1.165) is 11.3 Å². The third-order valence-corrected chi connectivity index (χ3v) is 4.15. The maximum absolute atomic E-state index is 12.3. The van der Waals surface area contributed by atoms with Gasteiger partial charge in [-0.25, -0.2) is 4.79 Å². The summed E-state index contributed by atoms with van der Waals surface area (Å²) in [6, 6.07) is 14.0. The third kappa shape index (κ3) is 3.85. The largest absolute Gasteiger partial charge is 0.337 e. The van der Waals surface area contributed by atoms with Crippen molar-refractivity contribution in [1.29, 1.82) is 0 Å². The zero-order valence-corrected chi connectivity index (χ0v) is 13.9. The number of hydrogen-bond acceptors (Lipinski definition) is 3. The fourth-order valence-corrected chi connectivity index (χ4v) is 2.77. The SMILES string of the molecule is CN1C(=O)Cc2cc(C(=O)CCNC(=O)Nc3ccccc3)ccc21. The molecule has 0 aliphatic carbocycles. The molecule has 2 aromatic rings. The Bertz CT molecular complexity index is 818. The first-order chi connectivity index (χ1) is 12.0. The molecule has 0 unspecified atom stereocenters. The van der Waals surface area contributed by atoms with Gasteiger partial charge < -0.3 is 15.5 Å². The fourth-order valence-electron chi connectivity index (χ4n) is 2.77. The monoisotopic (exact) mass is 337 g/mol. The Hall–Kier alpha value is -3.15. The van der Waals surface area contributed by atoms with Crippen molar-refractivity contribution in [1.82, 2.24) is 5.32 Å². The minimum Gasteiger partial charge on any atom is -0.337 e. The lowest BCUT2D eigenvalue weighted by Crippen LogP contribution is -2.30. The summed E-state index contributed by atoms with van der Waals surface area (Å²) in [5.41, 5.74) is 2.97. The number of Topliss-reactive ketones (excluding diaryl/α,β-unsaturated/α-hetero) is 1. The molecule has 0 aromatic heterocycles. The highest BCUT2D eigenvalue weighted by atomic mass is 16.2. The van der Waals surface area contributed by atoms with E-state index in [2.05, 4.69) is 10.6 Å². The number of nitrogens with one attached hydrogen (secondary N) is 2. The van der Waals surface area contributed by atoms with Crippen molar-refractivity contribution in [2.75, 3.05) is 23.8 Å². The van der Waals surface area contributed by atoms with Gasteiger partial charge in [0.15, 0.2) is 5.78 Å². The Morgan fingerprint density at radius 1 is 1.12 bits per heavy atom. The molecule has 0 atom stereocenters. The van der Waals surface area contributed by atoms with E-state index in [1.165, 1.54) is 0 Å². The first-order valence-electron chi connectivity index (χ1n) is 8.07. The summed E-state index contributed by atoms with van der Waals surface area (Å²) in [4.78, 5) is 37.3. The first-order valence-corrected chi connectivity index (χ1v) is 8.07. The van der Waals surface area contributed by atoms with Gasteiger partial charge in [-0.05, 0) is 35.9 Å². The van der Waals surface area contributed by atoms with Crippen LogP contribution in [0.4, 0.5) is 16.2 Å². The number of urea groups is 1. The Labute approximate surface area is 145 Å². The highest BCUT2D eigenvalue weighted by molar-refractivity contribution is 6.03. The number of nitrogens with zero attached hydrogens (tertiary/aromatic N) is 1. The second-order valence-corrected chi connectivity index (χ2v) is 5.89. The van der Waals surface area contributed by atoms with Gasteiger partial charge >= 0.3 is 6.03 Å². The van der Waals surface area contributed by atoms with E-state index in [9.17, 15) is 14.4 Å². The van der Waals surface area contributed by atoms with Gasteiger partial charge in [-0.3, -0.25) is 9.59 Å². The molecule has 3 amide bonds. The number of anilines is 2. The molecule has 0 bridgehead atoms. The number of rotatable bonds is 5. The Morgan fingerprint density at radius 2 is 1.88 bits per heavy atom. The van der Waals surface area contributed by atoms with E-state index in [1.807, 2.05) is 18.2 Å². The third-order valence-electron chi connectivity index (χ3n) is 4.15. The van der Waals surface area contributed by atoms with Crippen LogP contribution in [0.1, 0.15) is 22.3 Å². The van der Waals surface area contributed by atoms with Gasteiger partial charge in [0.25, 0.3) is 0 Å². The lowest BCUT2D eigenvalue weighted by Gasteiger charge is -2.10. The topological polar surface area (TPSA) is 78.5 Å². The number of amides is 3. The summed E-state index contributed by atoms with van der Waals surface area (Å²) in [7, 11) is 1.73. The van der Waals surface area contributed by atoms with E-state index in [-0.39, 0.29) is 30.7 Å². The van der Waals surface area contributed by atoms with Crippen molar-refractivity contribution >= 4 is 29.1 Å². The van der Waals surface area contributed by atoms with Crippen LogP contribution in [0.15, 0.2) is 48.5 Å². The molecule has 0 saturated carbocycles. The van der Waals surface area contributed by atoms with Crippen LogP contribution < -0.4 is 15.5 Å². The molecule has 2 N–H and O–H groups in total. The minimum atomic E-state index is -0.347. The van der Waals surface area contributed by atoms with Crippen molar-refractivity contribution in [3.8, 4) is 0 Å². The Balaban J connectivity index is 1.51. The van der Waals surface area contributed by atoms with Gasteiger partial charge in [-0.1, -0.05) is 18.2 Å². The lowest BCUT2D eigenvalue weighted by atomic mass is 10.0. The normalized spacial score (nSPS) is 12.7. The standard InChI is InChI=1S/C19H19N3O3/c1-22-16-8-7-13(11-14(16)12-18(22)24)17(23)9-10-20-19(25)21-15-5-3-2-4-6-15/h2-8,11H,9-10,12H2,1H3,(H2,20,21,25). The molecule has 6 nitrogen and oxygen atoms in total.